The van der Waals surface area contributed by atoms with Crippen LogP contribution in [0.5, 0.6) is 0 Å². The minimum absolute atomic E-state index is 0.0116. The minimum atomic E-state index is -0.800. The molecule has 1 atom stereocenters. The maximum absolute atomic E-state index is 13.5. The van der Waals surface area contributed by atoms with Crippen molar-refractivity contribution in [2.75, 3.05) is 42.5 Å². The number of alkyl halides is 1. The molecule has 0 aromatic carbocycles. The van der Waals surface area contributed by atoms with Gasteiger partial charge in [0.25, 0.3) is 0 Å². The lowest BCUT2D eigenvalue weighted by Crippen LogP contribution is -2.48. The smallest absolute Gasteiger partial charge is 0.239 e. The number of halogens is 1. The Morgan fingerprint density at radius 3 is 2.73 bits per heavy atom. The first-order valence-corrected chi connectivity index (χ1v) is 9.91. The number of nitrogens with one attached hydrogen (secondary N) is 1. The van der Waals surface area contributed by atoms with Crippen LogP contribution in [0.3, 0.4) is 0 Å². The van der Waals surface area contributed by atoms with E-state index in [1.807, 2.05) is 34.1 Å². The Labute approximate surface area is 172 Å². The van der Waals surface area contributed by atoms with E-state index in [-0.39, 0.29) is 5.91 Å². The second-order valence-corrected chi connectivity index (χ2v) is 7.38. The van der Waals surface area contributed by atoms with Crippen molar-refractivity contribution in [1.29, 1.82) is 0 Å². The molecule has 0 spiro atoms. The van der Waals surface area contributed by atoms with E-state index in [2.05, 4.69) is 25.4 Å². The van der Waals surface area contributed by atoms with Gasteiger partial charge in [0.2, 0.25) is 5.91 Å². The van der Waals surface area contributed by atoms with Crippen molar-refractivity contribution >= 4 is 35.3 Å². The highest BCUT2D eigenvalue weighted by Crippen LogP contribution is 2.21. The Morgan fingerprint density at radius 1 is 1.03 bits per heavy atom. The molecule has 3 aromatic heterocycles. The lowest BCUT2D eigenvalue weighted by molar-refractivity contribution is -0.120. The zero-order valence-corrected chi connectivity index (χ0v) is 16.3. The molecule has 30 heavy (non-hydrogen) atoms. The summed E-state index contributed by atoms with van der Waals surface area (Å²) in [5.41, 5.74) is 2.20. The normalized spacial score (nSPS) is 19.8. The molecule has 0 bridgehead atoms. The predicted molar refractivity (Wildman–Crippen MR) is 111 cm³/mol. The number of rotatable bonds is 4. The quantitative estimate of drug-likeness (QED) is 0.693. The molecule has 1 amide bonds. The zero-order valence-electron chi connectivity index (χ0n) is 16.3. The number of imidazole rings is 1. The van der Waals surface area contributed by atoms with Gasteiger partial charge in [-0.25, -0.2) is 18.9 Å². The fourth-order valence-electron chi connectivity index (χ4n) is 3.67. The van der Waals surface area contributed by atoms with Gasteiger partial charge < -0.3 is 15.1 Å². The number of aromatic nitrogens is 5. The first-order chi connectivity index (χ1) is 14.7. The summed E-state index contributed by atoms with van der Waals surface area (Å²) in [7, 11) is 0. The number of amides is 1. The van der Waals surface area contributed by atoms with Gasteiger partial charge in [0.05, 0.1) is 43.1 Å². The number of piperazine rings is 1. The van der Waals surface area contributed by atoms with E-state index in [9.17, 15) is 9.18 Å². The third kappa shape index (κ3) is 3.68. The van der Waals surface area contributed by atoms with Crippen LogP contribution in [-0.2, 0) is 4.79 Å². The van der Waals surface area contributed by atoms with Gasteiger partial charge in [-0.2, -0.15) is 0 Å². The Morgan fingerprint density at radius 2 is 1.97 bits per heavy atom. The molecule has 0 aliphatic carbocycles. The summed E-state index contributed by atoms with van der Waals surface area (Å²) in [6, 6.07) is 3.76. The topological polar surface area (TPSA) is 91.6 Å². The number of anilines is 2. The average Bonchev–Trinajstić information content (AvgIpc) is 3.38. The molecule has 9 nitrogen and oxygen atoms in total. The van der Waals surface area contributed by atoms with Crippen molar-refractivity contribution in [2.24, 2.45) is 0 Å². The summed E-state index contributed by atoms with van der Waals surface area (Å²) in [4.78, 5) is 28.6. The SMILES string of the molecule is O=C1CN(c2cnc(/C=C/c3cnc4ccc(N5CCC(F)C5)nn34)cn2)CCN1. The van der Waals surface area contributed by atoms with E-state index in [1.165, 1.54) is 0 Å². The number of carbonyl (C=O) groups is 1. The molecule has 0 saturated carbocycles. The Kier molecular flexibility index (Phi) is 4.74. The van der Waals surface area contributed by atoms with Gasteiger partial charge in [-0.05, 0) is 30.7 Å². The number of fused-ring (bicyclic) bond motifs is 1. The van der Waals surface area contributed by atoms with Crippen molar-refractivity contribution in [2.45, 2.75) is 12.6 Å². The summed E-state index contributed by atoms with van der Waals surface area (Å²) < 4.78 is 15.3. The molecular formula is C20H21FN8O. The van der Waals surface area contributed by atoms with Crippen LogP contribution in [0.15, 0.2) is 30.7 Å². The fourth-order valence-corrected chi connectivity index (χ4v) is 3.67. The third-order valence-corrected chi connectivity index (χ3v) is 5.27. The van der Waals surface area contributed by atoms with Gasteiger partial charge >= 0.3 is 0 Å². The molecular weight excluding hydrogens is 387 g/mol. The van der Waals surface area contributed by atoms with E-state index in [0.717, 1.165) is 17.2 Å². The maximum atomic E-state index is 13.5. The number of nitrogens with zero attached hydrogens (tertiary/aromatic N) is 7. The Hall–Kier alpha value is -3.56. The molecule has 0 radical (unpaired) electrons. The van der Waals surface area contributed by atoms with Gasteiger partial charge in [-0.15, -0.1) is 5.10 Å². The highest BCUT2D eigenvalue weighted by molar-refractivity contribution is 5.82. The fraction of sp³-hybridized carbons (Fsp3) is 0.350. The number of carbonyl (C=O) groups excluding carboxylic acids is 1. The van der Waals surface area contributed by atoms with Crippen molar-refractivity contribution < 1.29 is 9.18 Å². The van der Waals surface area contributed by atoms with Crippen LogP contribution in [0.25, 0.3) is 17.8 Å². The van der Waals surface area contributed by atoms with Crippen LogP contribution in [0.2, 0.25) is 0 Å². The van der Waals surface area contributed by atoms with Gasteiger partial charge in [0.15, 0.2) is 5.65 Å². The van der Waals surface area contributed by atoms with Crippen molar-refractivity contribution in [3.05, 3.63) is 42.1 Å². The van der Waals surface area contributed by atoms with E-state index < -0.39 is 6.17 Å². The van der Waals surface area contributed by atoms with E-state index in [1.54, 1.807) is 23.1 Å². The first-order valence-electron chi connectivity index (χ1n) is 9.91. The van der Waals surface area contributed by atoms with Crippen molar-refractivity contribution in [1.82, 2.24) is 29.9 Å². The number of hydrogen-bond donors (Lipinski definition) is 1. The van der Waals surface area contributed by atoms with Crippen LogP contribution < -0.4 is 15.1 Å². The largest absolute Gasteiger partial charge is 0.353 e. The molecule has 10 heteroatoms. The summed E-state index contributed by atoms with van der Waals surface area (Å²) in [5, 5.41) is 7.42. The molecule has 2 fully saturated rings. The van der Waals surface area contributed by atoms with E-state index >= 15 is 0 Å². The molecule has 2 saturated heterocycles. The molecule has 5 heterocycles. The minimum Gasteiger partial charge on any atom is -0.353 e. The molecule has 2 aliphatic heterocycles. The monoisotopic (exact) mass is 408 g/mol. The summed E-state index contributed by atoms with van der Waals surface area (Å²) in [5.74, 6) is 1.41. The highest BCUT2D eigenvalue weighted by Gasteiger charge is 2.23. The second-order valence-electron chi connectivity index (χ2n) is 7.38. The average molecular weight is 408 g/mol. The van der Waals surface area contributed by atoms with Crippen molar-refractivity contribution in [3.63, 3.8) is 0 Å². The summed E-state index contributed by atoms with van der Waals surface area (Å²) in [6.07, 6.45) is 8.52. The Balaban J connectivity index is 1.34. The molecule has 154 valence electrons. The van der Waals surface area contributed by atoms with E-state index in [0.29, 0.717) is 50.7 Å². The van der Waals surface area contributed by atoms with Crippen LogP contribution in [0.1, 0.15) is 17.8 Å². The lowest BCUT2D eigenvalue weighted by atomic mass is 10.3. The highest BCUT2D eigenvalue weighted by atomic mass is 19.1. The van der Waals surface area contributed by atoms with Crippen LogP contribution in [0.4, 0.5) is 16.0 Å². The standard InChI is InChI=1S/C20H21FN8O/c21-14-5-7-27(12-14)18-4-3-17-25-10-16(29(17)26-18)2-1-15-9-24-19(11-23-15)28-8-6-22-20(30)13-28/h1-4,9-11,14H,5-8,12-13H2,(H,22,30)/b2-1+. The van der Waals surface area contributed by atoms with Crippen molar-refractivity contribution in [3.8, 4) is 0 Å². The predicted octanol–water partition coefficient (Wildman–Crippen LogP) is 1.17. The molecule has 1 N–H and O–H groups in total. The van der Waals surface area contributed by atoms with Crippen LogP contribution >= 0.6 is 0 Å². The lowest BCUT2D eigenvalue weighted by Gasteiger charge is -2.27. The molecule has 2 aliphatic rings. The maximum Gasteiger partial charge on any atom is 0.239 e. The molecule has 5 rings (SSSR count). The zero-order chi connectivity index (χ0) is 20.5. The number of hydrogen-bond acceptors (Lipinski definition) is 7. The summed E-state index contributed by atoms with van der Waals surface area (Å²) in [6.45, 7) is 2.65. The first kappa shape index (κ1) is 18.5. The second kappa shape index (κ2) is 7.69. The Bertz CT molecular complexity index is 1100. The van der Waals surface area contributed by atoms with Gasteiger partial charge in [0.1, 0.15) is 17.8 Å². The third-order valence-electron chi connectivity index (χ3n) is 5.27. The molecule has 1 unspecified atom stereocenters. The van der Waals surface area contributed by atoms with Gasteiger partial charge in [0, 0.05) is 19.6 Å². The summed E-state index contributed by atoms with van der Waals surface area (Å²) >= 11 is 0. The van der Waals surface area contributed by atoms with Crippen LogP contribution in [0, 0.1) is 0 Å². The molecule has 3 aromatic rings. The van der Waals surface area contributed by atoms with Gasteiger partial charge in [-0.3, -0.25) is 9.78 Å². The van der Waals surface area contributed by atoms with Crippen LogP contribution in [-0.4, -0.2) is 69.4 Å². The van der Waals surface area contributed by atoms with Gasteiger partial charge in [-0.1, -0.05) is 0 Å². The van der Waals surface area contributed by atoms with E-state index in [4.69, 9.17) is 0 Å².